The van der Waals surface area contributed by atoms with Crippen molar-refractivity contribution in [2.45, 2.75) is 57.8 Å². The van der Waals surface area contributed by atoms with E-state index in [4.69, 9.17) is 4.74 Å². The zero-order valence-electron chi connectivity index (χ0n) is 17.3. The lowest BCUT2D eigenvalue weighted by molar-refractivity contribution is -0.0525. The molecule has 0 N–H and O–H groups in total. The van der Waals surface area contributed by atoms with Gasteiger partial charge in [0.1, 0.15) is 18.6 Å². The van der Waals surface area contributed by atoms with Gasteiger partial charge in [-0.3, -0.25) is 0 Å². The predicted octanol–water partition coefficient (Wildman–Crippen LogP) is 4.68. The van der Waals surface area contributed by atoms with Crippen LogP contribution in [-0.2, 0) is 11.5 Å². The van der Waals surface area contributed by atoms with Crippen LogP contribution in [-0.4, -0.2) is 45.8 Å². The van der Waals surface area contributed by atoms with Gasteiger partial charge in [-0.1, -0.05) is 19.6 Å². The number of alkyl halides is 2. The SMILES string of the molecule is C[Si](C)(C)CCOCn1ccc2nc(-c3c(OC(F)F)ncnc3C3CC3)ncc21. The molecule has 4 rings (SSSR count). The van der Waals surface area contributed by atoms with Gasteiger partial charge < -0.3 is 14.0 Å². The largest absolute Gasteiger partial charge is 0.416 e. The van der Waals surface area contributed by atoms with E-state index in [0.29, 0.717) is 23.5 Å². The monoisotopic (exact) mass is 433 g/mol. The number of aromatic nitrogens is 5. The highest BCUT2D eigenvalue weighted by molar-refractivity contribution is 6.76. The number of halogens is 2. The van der Waals surface area contributed by atoms with Gasteiger partial charge in [0.25, 0.3) is 0 Å². The molecule has 0 saturated heterocycles. The molecule has 1 aliphatic carbocycles. The minimum Gasteiger partial charge on any atom is -0.416 e. The summed E-state index contributed by atoms with van der Waals surface area (Å²) in [6, 6.07) is 2.95. The van der Waals surface area contributed by atoms with E-state index in [-0.39, 0.29) is 17.6 Å². The minimum atomic E-state index is -2.98. The summed E-state index contributed by atoms with van der Waals surface area (Å²) in [5, 5.41) is 0. The minimum absolute atomic E-state index is 0.185. The van der Waals surface area contributed by atoms with Gasteiger partial charge in [0.05, 0.1) is 22.9 Å². The second-order valence-electron chi connectivity index (χ2n) is 8.69. The smallest absolute Gasteiger partial charge is 0.388 e. The van der Waals surface area contributed by atoms with Crippen molar-refractivity contribution in [3.05, 3.63) is 30.5 Å². The summed E-state index contributed by atoms with van der Waals surface area (Å²) in [7, 11) is -1.14. The molecule has 10 heteroatoms. The number of nitrogens with zero attached hydrogens (tertiary/aromatic N) is 5. The standard InChI is InChI=1S/C20H25F2N5O2Si/c1-30(2,3)9-8-28-12-27-7-6-14-15(27)10-23-18(26-14)16-17(13-4-5-13)24-11-25-19(16)29-20(21)22/h6-7,10-11,13,20H,4-5,8-9,12H2,1-3H3. The van der Waals surface area contributed by atoms with Crippen LogP contribution in [0.2, 0.25) is 25.7 Å². The van der Waals surface area contributed by atoms with Crippen molar-refractivity contribution < 1.29 is 18.3 Å². The van der Waals surface area contributed by atoms with E-state index in [1.54, 1.807) is 6.20 Å². The summed E-state index contributed by atoms with van der Waals surface area (Å²) in [5.74, 6) is 0.306. The highest BCUT2D eigenvalue weighted by Gasteiger charge is 2.32. The maximum absolute atomic E-state index is 12.9. The molecule has 160 valence electrons. The van der Waals surface area contributed by atoms with Crippen LogP contribution in [0.15, 0.2) is 24.8 Å². The van der Waals surface area contributed by atoms with Crippen LogP contribution in [0.5, 0.6) is 5.88 Å². The number of hydrogen-bond donors (Lipinski definition) is 0. The molecule has 0 aromatic carbocycles. The van der Waals surface area contributed by atoms with Gasteiger partial charge in [0.15, 0.2) is 5.82 Å². The summed E-state index contributed by atoms with van der Waals surface area (Å²) in [4.78, 5) is 17.2. The quantitative estimate of drug-likeness (QED) is 0.360. The van der Waals surface area contributed by atoms with Crippen molar-refractivity contribution in [1.82, 2.24) is 24.5 Å². The van der Waals surface area contributed by atoms with Crippen molar-refractivity contribution in [2.75, 3.05) is 6.61 Å². The van der Waals surface area contributed by atoms with E-state index in [0.717, 1.165) is 31.0 Å². The summed E-state index contributed by atoms with van der Waals surface area (Å²) in [6.07, 6.45) is 6.71. The van der Waals surface area contributed by atoms with Crippen molar-refractivity contribution in [3.63, 3.8) is 0 Å². The van der Waals surface area contributed by atoms with Crippen LogP contribution in [0, 0.1) is 0 Å². The van der Waals surface area contributed by atoms with E-state index >= 15 is 0 Å². The first kappa shape index (κ1) is 20.8. The van der Waals surface area contributed by atoms with E-state index < -0.39 is 14.7 Å². The van der Waals surface area contributed by atoms with Gasteiger partial charge in [-0.25, -0.2) is 19.9 Å². The summed E-state index contributed by atoms with van der Waals surface area (Å²) >= 11 is 0. The molecule has 3 aromatic heterocycles. The normalized spacial score (nSPS) is 14.6. The van der Waals surface area contributed by atoms with Gasteiger partial charge in [-0.15, -0.1) is 0 Å². The van der Waals surface area contributed by atoms with E-state index in [9.17, 15) is 8.78 Å². The third-order valence-corrected chi connectivity index (χ3v) is 6.68. The number of rotatable bonds is 9. The Morgan fingerprint density at radius 2 is 2.00 bits per heavy atom. The number of ether oxygens (including phenoxy) is 2. The first-order valence-corrected chi connectivity index (χ1v) is 13.7. The molecule has 3 heterocycles. The lowest BCUT2D eigenvalue weighted by Gasteiger charge is -2.15. The Morgan fingerprint density at radius 3 is 2.70 bits per heavy atom. The maximum atomic E-state index is 12.9. The second-order valence-corrected chi connectivity index (χ2v) is 14.3. The molecular weight excluding hydrogens is 408 g/mol. The van der Waals surface area contributed by atoms with Crippen LogP contribution in [0.3, 0.4) is 0 Å². The van der Waals surface area contributed by atoms with Crippen molar-refractivity contribution in [2.24, 2.45) is 0 Å². The van der Waals surface area contributed by atoms with Crippen LogP contribution in [0.4, 0.5) is 8.78 Å². The molecule has 0 aliphatic heterocycles. The molecule has 1 saturated carbocycles. The molecule has 0 atom stereocenters. The fourth-order valence-electron chi connectivity index (χ4n) is 3.18. The fraction of sp³-hybridized carbons (Fsp3) is 0.500. The Labute approximate surface area is 174 Å². The Bertz CT molecular complexity index is 1030. The van der Waals surface area contributed by atoms with Gasteiger partial charge in [-0.05, 0) is 25.0 Å². The molecule has 7 nitrogen and oxygen atoms in total. The Morgan fingerprint density at radius 1 is 1.20 bits per heavy atom. The molecular formula is C20H25F2N5O2Si. The third-order valence-electron chi connectivity index (χ3n) is 4.98. The van der Waals surface area contributed by atoms with E-state index in [1.165, 1.54) is 6.33 Å². The van der Waals surface area contributed by atoms with Gasteiger partial charge >= 0.3 is 6.61 Å². The maximum Gasteiger partial charge on any atom is 0.388 e. The zero-order valence-corrected chi connectivity index (χ0v) is 18.3. The van der Waals surface area contributed by atoms with Crippen LogP contribution in [0.1, 0.15) is 24.5 Å². The number of hydrogen-bond acceptors (Lipinski definition) is 6. The Kier molecular flexibility index (Phi) is 5.78. The predicted molar refractivity (Wildman–Crippen MR) is 111 cm³/mol. The molecule has 0 radical (unpaired) electrons. The lowest BCUT2D eigenvalue weighted by atomic mass is 10.1. The topological polar surface area (TPSA) is 75.0 Å². The van der Waals surface area contributed by atoms with E-state index in [1.807, 2.05) is 16.8 Å². The van der Waals surface area contributed by atoms with Crippen LogP contribution in [0.25, 0.3) is 22.4 Å². The van der Waals surface area contributed by atoms with Crippen LogP contribution < -0.4 is 4.74 Å². The molecule has 0 bridgehead atoms. The summed E-state index contributed by atoms with van der Waals surface area (Å²) in [5.41, 5.74) is 2.52. The second kappa shape index (κ2) is 8.35. The van der Waals surface area contributed by atoms with E-state index in [2.05, 4.69) is 44.3 Å². The van der Waals surface area contributed by atoms with Gasteiger partial charge in [0.2, 0.25) is 5.88 Å². The molecule has 3 aromatic rings. The molecule has 0 unspecified atom stereocenters. The van der Waals surface area contributed by atoms with Crippen molar-refractivity contribution in [1.29, 1.82) is 0 Å². The molecule has 1 fully saturated rings. The average Bonchev–Trinajstić information content (AvgIpc) is 3.44. The van der Waals surface area contributed by atoms with Crippen molar-refractivity contribution >= 4 is 19.1 Å². The summed E-state index contributed by atoms with van der Waals surface area (Å²) < 4.78 is 38.2. The Balaban J connectivity index is 1.60. The average molecular weight is 434 g/mol. The third kappa shape index (κ3) is 4.81. The van der Waals surface area contributed by atoms with Gasteiger partial charge in [0, 0.05) is 26.8 Å². The zero-order chi connectivity index (χ0) is 21.3. The molecule has 30 heavy (non-hydrogen) atoms. The molecule has 0 amide bonds. The van der Waals surface area contributed by atoms with Crippen LogP contribution >= 0.6 is 0 Å². The summed E-state index contributed by atoms with van der Waals surface area (Å²) in [6.45, 7) is 5.08. The highest BCUT2D eigenvalue weighted by Crippen LogP contribution is 2.45. The number of fused-ring (bicyclic) bond motifs is 1. The lowest BCUT2D eigenvalue weighted by Crippen LogP contribution is -2.21. The van der Waals surface area contributed by atoms with Gasteiger partial charge in [-0.2, -0.15) is 8.78 Å². The first-order chi connectivity index (χ1) is 14.3. The highest BCUT2D eigenvalue weighted by atomic mass is 28.3. The fourth-order valence-corrected chi connectivity index (χ4v) is 3.94. The molecule has 1 aliphatic rings. The Hall–Kier alpha value is -2.46. The molecule has 0 spiro atoms. The first-order valence-electron chi connectivity index (χ1n) is 10.0. The van der Waals surface area contributed by atoms with Crippen molar-refractivity contribution in [3.8, 4) is 17.3 Å².